The fourth-order valence-corrected chi connectivity index (χ4v) is 5.36. The number of fused-ring (bicyclic) bond motifs is 2. The van der Waals surface area contributed by atoms with E-state index in [2.05, 4.69) is 9.71 Å². The minimum atomic E-state index is -4.00. The number of nitrogens with one attached hydrogen (secondary N) is 1. The second-order valence-corrected chi connectivity index (χ2v) is 9.29. The predicted molar refractivity (Wildman–Crippen MR) is 111 cm³/mol. The highest BCUT2D eigenvalue weighted by atomic mass is 32.2. The SMILES string of the molecule is CCCCC1(C)C(=O)C(C2=NS(=O)(=O)c3ccccc3N2)C(=O)c2ccccc21. The molecule has 1 N–H and O–H groups in total. The number of unbranched alkanes of at least 4 members (excludes halogenated alkanes) is 1. The maximum atomic E-state index is 13.6. The van der Waals surface area contributed by atoms with Gasteiger partial charge in [0.15, 0.2) is 11.6 Å². The molecular weight excluding hydrogens is 388 g/mol. The van der Waals surface area contributed by atoms with Crippen molar-refractivity contribution >= 4 is 33.1 Å². The first-order valence-electron chi connectivity index (χ1n) is 9.68. The molecule has 0 radical (unpaired) electrons. The Morgan fingerprint density at radius 3 is 2.52 bits per heavy atom. The Hall–Kier alpha value is -2.80. The van der Waals surface area contributed by atoms with Crippen LogP contribution in [0.3, 0.4) is 0 Å². The summed E-state index contributed by atoms with van der Waals surface area (Å²) >= 11 is 0. The maximum absolute atomic E-state index is 13.6. The van der Waals surface area contributed by atoms with Crippen molar-refractivity contribution in [1.29, 1.82) is 0 Å². The molecule has 2 aromatic carbocycles. The van der Waals surface area contributed by atoms with Crippen molar-refractivity contribution in [2.24, 2.45) is 10.3 Å². The van der Waals surface area contributed by atoms with Gasteiger partial charge in [0.1, 0.15) is 16.6 Å². The Bertz CT molecular complexity index is 1150. The molecule has 0 amide bonds. The number of anilines is 1. The van der Waals surface area contributed by atoms with Gasteiger partial charge in [-0.2, -0.15) is 8.42 Å². The van der Waals surface area contributed by atoms with E-state index in [9.17, 15) is 18.0 Å². The van der Waals surface area contributed by atoms with E-state index in [1.807, 2.05) is 26.0 Å². The fraction of sp³-hybridized carbons (Fsp3) is 0.318. The first-order chi connectivity index (χ1) is 13.8. The molecule has 2 atom stereocenters. The normalized spacial score (nSPS) is 24.9. The number of benzene rings is 2. The van der Waals surface area contributed by atoms with Gasteiger partial charge in [-0.25, -0.2) is 0 Å². The zero-order valence-corrected chi connectivity index (χ0v) is 17.1. The number of amidine groups is 1. The first kappa shape index (κ1) is 19.5. The Morgan fingerprint density at radius 1 is 1.07 bits per heavy atom. The van der Waals surface area contributed by atoms with Crippen molar-refractivity contribution < 1.29 is 18.0 Å². The Kier molecular flexibility index (Phi) is 4.65. The average molecular weight is 410 g/mol. The van der Waals surface area contributed by atoms with Crippen LogP contribution in [0.15, 0.2) is 57.8 Å². The Balaban J connectivity index is 1.86. The van der Waals surface area contributed by atoms with E-state index in [-0.39, 0.29) is 16.5 Å². The van der Waals surface area contributed by atoms with Gasteiger partial charge in [-0.05, 0) is 31.0 Å². The fourth-order valence-electron chi connectivity index (χ4n) is 4.20. The van der Waals surface area contributed by atoms with Crippen LogP contribution in [0.1, 0.15) is 49.0 Å². The molecule has 1 heterocycles. The van der Waals surface area contributed by atoms with E-state index in [1.165, 1.54) is 6.07 Å². The van der Waals surface area contributed by atoms with Gasteiger partial charge in [0.05, 0.1) is 11.1 Å². The lowest BCUT2D eigenvalue weighted by molar-refractivity contribution is -0.125. The highest BCUT2D eigenvalue weighted by Gasteiger charge is 2.51. The number of hydrogen-bond acceptors (Lipinski definition) is 5. The van der Waals surface area contributed by atoms with Gasteiger partial charge in [-0.1, -0.05) is 56.2 Å². The van der Waals surface area contributed by atoms with Crippen LogP contribution in [0, 0.1) is 5.92 Å². The highest BCUT2D eigenvalue weighted by molar-refractivity contribution is 7.90. The number of para-hydroxylation sites is 1. The second kappa shape index (κ2) is 6.91. The standard InChI is InChI=1S/C22H22N2O4S/c1-3-4-13-22(2)15-10-6-5-9-14(15)19(25)18(20(22)26)21-23-16-11-7-8-12-17(16)29(27,28)24-21/h5-12,18H,3-4,13H2,1-2H3,(H,23,24). The summed E-state index contributed by atoms with van der Waals surface area (Å²) in [6.07, 6.45) is 2.31. The number of carbonyl (C=O) groups excluding carboxylic acids is 2. The van der Waals surface area contributed by atoms with Crippen LogP contribution in [-0.4, -0.2) is 25.8 Å². The molecular formula is C22H22N2O4S. The molecule has 1 aliphatic heterocycles. The third kappa shape index (κ3) is 3.00. The predicted octanol–water partition coefficient (Wildman–Crippen LogP) is 3.73. The summed E-state index contributed by atoms with van der Waals surface area (Å²) in [5.74, 6) is -2.11. The van der Waals surface area contributed by atoms with Gasteiger partial charge in [0.25, 0.3) is 10.0 Å². The molecule has 6 nitrogen and oxygen atoms in total. The number of sulfonamides is 1. The largest absolute Gasteiger partial charge is 0.341 e. The molecule has 0 fully saturated rings. The quantitative estimate of drug-likeness (QED) is 0.776. The maximum Gasteiger partial charge on any atom is 0.286 e. The molecule has 2 aromatic rings. The van der Waals surface area contributed by atoms with Gasteiger partial charge < -0.3 is 5.32 Å². The molecule has 150 valence electrons. The molecule has 2 aliphatic rings. The minimum Gasteiger partial charge on any atom is -0.341 e. The average Bonchev–Trinajstić information content (AvgIpc) is 2.71. The third-order valence-electron chi connectivity index (χ3n) is 5.81. The molecule has 0 aromatic heterocycles. The number of ketones is 2. The van der Waals surface area contributed by atoms with Gasteiger partial charge in [-0.3, -0.25) is 9.59 Å². The summed E-state index contributed by atoms with van der Waals surface area (Å²) in [5, 5.41) is 2.94. The molecule has 4 rings (SSSR count). The van der Waals surface area contributed by atoms with E-state index >= 15 is 0 Å². The lowest BCUT2D eigenvalue weighted by Gasteiger charge is -2.38. The van der Waals surface area contributed by atoms with Crippen LogP contribution in [0.5, 0.6) is 0 Å². The summed E-state index contributed by atoms with van der Waals surface area (Å²) in [6, 6.07) is 13.4. The Morgan fingerprint density at radius 2 is 1.76 bits per heavy atom. The van der Waals surface area contributed by atoms with Crippen molar-refractivity contribution in [1.82, 2.24) is 0 Å². The highest BCUT2D eigenvalue weighted by Crippen LogP contribution is 2.42. The molecule has 0 saturated carbocycles. The van der Waals surface area contributed by atoms with Gasteiger partial charge in [-0.15, -0.1) is 4.40 Å². The molecule has 2 unspecified atom stereocenters. The lowest BCUT2D eigenvalue weighted by atomic mass is 9.63. The first-order valence-corrected chi connectivity index (χ1v) is 11.1. The van der Waals surface area contributed by atoms with Crippen molar-refractivity contribution in [3.63, 3.8) is 0 Å². The Labute approximate surface area is 170 Å². The molecule has 0 bridgehead atoms. The molecule has 1 aliphatic carbocycles. The van der Waals surface area contributed by atoms with E-state index in [1.54, 1.807) is 30.3 Å². The van der Waals surface area contributed by atoms with E-state index in [0.717, 1.165) is 12.8 Å². The zero-order valence-electron chi connectivity index (χ0n) is 16.3. The van der Waals surface area contributed by atoms with Crippen LogP contribution in [-0.2, 0) is 20.2 Å². The molecule has 0 spiro atoms. The zero-order chi connectivity index (χ0) is 20.8. The molecule has 7 heteroatoms. The van der Waals surface area contributed by atoms with E-state index in [4.69, 9.17) is 0 Å². The van der Waals surface area contributed by atoms with Crippen molar-refractivity contribution in [2.45, 2.75) is 43.4 Å². The monoisotopic (exact) mass is 410 g/mol. The van der Waals surface area contributed by atoms with Crippen LogP contribution in [0.25, 0.3) is 0 Å². The van der Waals surface area contributed by atoms with Crippen LogP contribution < -0.4 is 5.32 Å². The van der Waals surface area contributed by atoms with Gasteiger partial charge in [0.2, 0.25) is 0 Å². The minimum absolute atomic E-state index is 0.0357. The van der Waals surface area contributed by atoms with Crippen LogP contribution in [0.4, 0.5) is 5.69 Å². The van der Waals surface area contributed by atoms with E-state index < -0.39 is 27.1 Å². The van der Waals surface area contributed by atoms with Crippen molar-refractivity contribution in [3.8, 4) is 0 Å². The summed E-state index contributed by atoms with van der Waals surface area (Å²) in [6.45, 7) is 3.89. The summed E-state index contributed by atoms with van der Waals surface area (Å²) in [7, 11) is -4.00. The van der Waals surface area contributed by atoms with Crippen molar-refractivity contribution in [3.05, 3.63) is 59.7 Å². The summed E-state index contributed by atoms with van der Waals surface area (Å²) in [5.41, 5.74) is 0.610. The number of rotatable bonds is 4. The third-order valence-corrected chi connectivity index (χ3v) is 7.15. The van der Waals surface area contributed by atoms with Crippen molar-refractivity contribution in [2.75, 3.05) is 5.32 Å². The summed E-state index contributed by atoms with van der Waals surface area (Å²) in [4.78, 5) is 26.9. The number of nitrogens with zero attached hydrogens (tertiary/aromatic N) is 1. The summed E-state index contributed by atoms with van der Waals surface area (Å²) < 4.78 is 29.2. The second-order valence-electron chi connectivity index (χ2n) is 7.72. The van der Waals surface area contributed by atoms with E-state index in [0.29, 0.717) is 23.2 Å². The number of Topliss-reactive ketones (excluding diaryl/α,β-unsaturated/α-hetero) is 2. The van der Waals surface area contributed by atoms with Crippen LogP contribution in [0.2, 0.25) is 0 Å². The molecule has 29 heavy (non-hydrogen) atoms. The number of hydrogen-bond donors (Lipinski definition) is 1. The lowest BCUT2D eigenvalue weighted by Crippen LogP contribution is -2.51. The van der Waals surface area contributed by atoms with Gasteiger partial charge >= 0.3 is 0 Å². The van der Waals surface area contributed by atoms with Crippen LogP contribution >= 0.6 is 0 Å². The van der Waals surface area contributed by atoms with Gasteiger partial charge in [0, 0.05) is 5.56 Å². The smallest absolute Gasteiger partial charge is 0.286 e. The number of carbonyl (C=O) groups is 2. The topological polar surface area (TPSA) is 92.7 Å². The molecule has 0 saturated heterocycles.